The number of carbonyl (C=O) groups excluding carboxylic acids is 1. The van der Waals surface area contributed by atoms with Gasteiger partial charge in [-0.25, -0.2) is 4.79 Å². The molecule has 6 nitrogen and oxygen atoms in total. The molecular weight excluding hydrogens is 306 g/mol. The van der Waals surface area contributed by atoms with E-state index in [2.05, 4.69) is 10.3 Å². The van der Waals surface area contributed by atoms with E-state index in [0.717, 1.165) is 16.9 Å². The van der Waals surface area contributed by atoms with Gasteiger partial charge in [0.1, 0.15) is 5.76 Å². The number of imidazole rings is 1. The number of aromatic amines is 1. The molecule has 1 atom stereocenters. The second-order valence-corrected chi connectivity index (χ2v) is 5.75. The number of benzene rings is 1. The van der Waals surface area contributed by atoms with E-state index < -0.39 is 0 Å². The van der Waals surface area contributed by atoms with Gasteiger partial charge in [-0.05, 0) is 44.5 Å². The maximum atomic E-state index is 12.2. The first kappa shape index (κ1) is 15.9. The number of hydrogen-bond donors (Lipinski definition) is 2. The van der Waals surface area contributed by atoms with Crippen LogP contribution in [0.1, 0.15) is 40.3 Å². The van der Waals surface area contributed by atoms with Crippen LogP contribution in [-0.2, 0) is 0 Å². The molecule has 0 fully saturated rings. The van der Waals surface area contributed by atoms with Gasteiger partial charge in [-0.1, -0.05) is 12.1 Å². The highest BCUT2D eigenvalue weighted by atomic mass is 16.3. The lowest BCUT2D eigenvalue weighted by Crippen LogP contribution is -2.26. The van der Waals surface area contributed by atoms with Gasteiger partial charge < -0.3 is 14.7 Å². The topological polar surface area (TPSA) is 80.0 Å². The summed E-state index contributed by atoms with van der Waals surface area (Å²) in [5.74, 6) is 0.424. The molecule has 6 heteroatoms. The van der Waals surface area contributed by atoms with E-state index in [1.165, 1.54) is 6.26 Å². The number of nitrogens with zero attached hydrogens (tertiary/aromatic N) is 1. The first-order valence-corrected chi connectivity index (χ1v) is 7.69. The Balaban J connectivity index is 1.77. The minimum absolute atomic E-state index is 0.162. The number of amides is 1. The van der Waals surface area contributed by atoms with Crippen LogP contribution in [0, 0.1) is 13.8 Å². The summed E-state index contributed by atoms with van der Waals surface area (Å²) in [6.07, 6.45) is 3.17. The lowest BCUT2D eigenvalue weighted by atomic mass is 10.1. The normalized spacial score (nSPS) is 12.1. The van der Waals surface area contributed by atoms with E-state index in [4.69, 9.17) is 4.42 Å². The Morgan fingerprint density at radius 2 is 1.92 bits per heavy atom. The zero-order valence-electron chi connectivity index (χ0n) is 13.8. The smallest absolute Gasteiger partial charge is 0.330 e. The van der Waals surface area contributed by atoms with Gasteiger partial charge in [0, 0.05) is 11.9 Å². The highest BCUT2D eigenvalue weighted by Gasteiger charge is 2.15. The van der Waals surface area contributed by atoms with Crippen LogP contribution < -0.4 is 11.0 Å². The third-order valence-electron chi connectivity index (χ3n) is 4.06. The highest BCUT2D eigenvalue weighted by Crippen LogP contribution is 2.17. The van der Waals surface area contributed by atoms with Crippen LogP contribution in [0.15, 0.2) is 52.0 Å². The summed E-state index contributed by atoms with van der Waals surface area (Å²) in [5, 5.41) is 2.94. The summed E-state index contributed by atoms with van der Waals surface area (Å²) >= 11 is 0. The van der Waals surface area contributed by atoms with Crippen LogP contribution in [0.5, 0.6) is 0 Å². The van der Waals surface area contributed by atoms with Gasteiger partial charge in [0.2, 0.25) is 0 Å². The average Bonchev–Trinajstić information content (AvgIpc) is 3.13. The molecule has 24 heavy (non-hydrogen) atoms. The molecule has 124 valence electrons. The van der Waals surface area contributed by atoms with E-state index in [9.17, 15) is 9.59 Å². The van der Waals surface area contributed by atoms with E-state index in [1.54, 1.807) is 23.8 Å². The minimum atomic E-state index is -0.171. The molecular formula is C18H19N3O3. The number of aryl methyl sites for hydroxylation is 2. The van der Waals surface area contributed by atoms with E-state index in [-0.39, 0.29) is 17.6 Å². The Morgan fingerprint density at radius 1 is 1.21 bits per heavy atom. The van der Waals surface area contributed by atoms with Crippen molar-refractivity contribution in [3.8, 4) is 5.69 Å². The second kappa shape index (κ2) is 6.23. The molecule has 1 aromatic carbocycles. The number of aromatic nitrogens is 2. The average molecular weight is 325 g/mol. The lowest BCUT2D eigenvalue weighted by Gasteiger charge is -2.15. The monoisotopic (exact) mass is 325 g/mol. The molecule has 3 rings (SSSR count). The highest BCUT2D eigenvalue weighted by molar-refractivity contribution is 5.95. The van der Waals surface area contributed by atoms with Gasteiger partial charge in [-0.15, -0.1) is 0 Å². The largest absolute Gasteiger partial charge is 0.469 e. The van der Waals surface area contributed by atoms with E-state index in [0.29, 0.717) is 11.3 Å². The van der Waals surface area contributed by atoms with Crippen LogP contribution in [-0.4, -0.2) is 15.5 Å². The van der Waals surface area contributed by atoms with Crippen molar-refractivity contribution in [3.63, 3.8) is 0 Å². The summed E-state index contributed by atoms with van der Waals surface area (Å²) in [6, 6.07) is 9.03. The van der Waals surface area contributed by atoms with E-state index >= 15 is 0 Å². The zero-order chi connectivity index (χ0) is 17.3. The van der Waals surface area contributed by atoms with Gasteiger partial charge in [-0.3, -0.25) is 9.36 Å². The summed E-state index contributed by atoms with van der Waals surface area (Å²) in [4.78, 5) is 26.7. The Kier molecular flexibility index (Phi) is 4.12. The lowest BCUT2D eigenvalue weighted by molar-refractivity contribution is 0.0938. The molecule has 0 saturated carbocycles. The number of furan rings is 1. The molecule has 2 heterocycles. The maximum absolute atomic E-state index is 12.2. The maximum Gasteiger partial charge on any atom is 0.330 e. The van der Waals surface area contributed by atoms with Gasteiger partial charge in [0.15, 0.2) is 0 Å². The molecule has 2 N–H and O–H groups in total. The quantitative estimate of drug-likeness (QED) is 0.774. The van der Waals surface area contributed by atoms with Crippen LogP contribution in [0.3, 0.4) is 0 Å². The standard InChI is InChI=1S/C18H19N3O3/c1-11-10-19-18(23)21(11)15-6-4-14(5-7-15)12(2)20-17(22)16-8-9-24-13(16)3/h4-10,12H,1-3H3,(H,19,23)(H,20,22)/t12-/m1/s1. The van der Waals surface area contributed by atoms with Gasteiger partial charge >= 0.3 is 5.69 Å². The first-order valence-electron chi connectivity index (χ1n) is 7.69. The van der Waals surface area contributed by atoms with Crippen LogP contribution >= 0.6 is 0 Å². The molecule has 0 bridgehead atoms. The predicted octanol–water partition coefficient (Wildman–Crippen LogP) is 2.87. The fourth-order valence-corrected chi connectivity index (χ4v) is 2.67. The fourth-order valence-electron chi connectivity index (χ4n) is 2.67. The van der Waals surface area contributed by atoms with Crippen LogP contribution in [0.2, 0.25) is 0 Å². The summed E-state index contributed by atoms with van der Waals surface area (Å²) < 4.78 is 6.76. The number of hydrogen-bond acceptors (Lipinski definition) is 3. The Hall–Kier alpha value is -3.02. The molecule has 0 unspecified atom stereocenters. The number of nitrogens with one attached hydrogen (secondary N) is 2. The predicted molar refractivity (Wildman–Crippen MR) is 90.5 cm³/mol. The Morgan fingerprint density at radius 3 is 2.46 bits per heavy atom. The van der Waals surface area contributed by atoms with Crippen molar-refractivity contribution < 1.29 is 9.21 Å². The van der Waals surface area contributed by atoms with Gasteiger partial charge in [0.25, 0.3) is 5.91 Å². The molecule has 0 aliphatic heterocycles. The van der Waals surface area contributed by atoms with Crippen molar-refractivity contribution in [1.29, 1.82) is 0 Å². The Labute approximate surface area is 139 Å². The molecule has 0 radical (unpaired) electrons. The third-order valence-corrected chi connectivity index (χ3v) is 4.06. The van der Waals surface area contributed by atoms with Crippen molar-refractivity contribution in [2.45, 2.75) is 26.8 Å². The SMILES string of the molecule is Cc1occc1C(=O)N[C@H](C)c1ccc(-n2c(C)c[nH]c2=O)cc1. The first-order chi connectivity index (χ1) is 11.5. The third kappa shape index (κ3) is 2.90. The van der Waals surface area contributed by atoms with Crippen LogP contribution in [0.4, 0.5) is 0 Å². The van der Waals surface area contributed by atoms with Crippen molar-refractivity contribution >= 4 is 5.91 Å². The van der Waals surface area contributed by atoms with Crippen LogP contribution in [0.25, 0.3) is 5.69 Å². The second-order valence-electron chi connectivity index (χ2n) is 5.75. The molecule has 0 spiro atoms. The molecule has 1 amide bonds. The summed E-state index contributed by atoms with van der Waals surface area (Å²) in [6.45, 7) is 5.53. The van der Waals surface area contributed by atoms with Gasteiger partial charge in [-0.2, -0.15) is 0 Å². The minimum Gasteiger partial charge on any atom is -0.469 e. The Bertz CT molecular complexity index is 916. The van der Waals surface area contributed by atoms with E-state index in [1.807, 2.05) is 38.1 Å². The molecule has 2 aromatic heterocycles. The fraction of sp³-hybridized carbons (Fsp3) is 0.222. The number of H-pyrrole nitrogens is 1. The van der Waals surface area contributed by atoms with Crippen molar-refractivity contribution in [2.24, 2.45) is 0 Å². The summed E-state index contributed by atoms with van der Waals surface area (Å²) in [7, 11) is 0. The van der Waals surface area contributed by atoms with Crippen molar-refractivity contribution in [1.82, 2.24) is 14.9 Å². The molecule has 0 saturated heterocycles. The van der Waals surface area contributed by atoms with Gasteiger partial charge in [0.05, 0.1) is 23.6 Å². The number of carbonyl (C=O) groups is 1. The molecule has 0 aliphatic carbocycles. The molecule has 0 aliphatic rings. The van der Waals surface area contributed by atoms with Crippen molar-refractivity contribution in [2.75, 3.05) is 0 Å². The summed E-state index contributed by atoms with van der Waals surface area (Å²) in [5.41, 5.74) is 2.94. The zero-order valence-corrected chi connectivity index (χ0v) is 13.8. The number of rotatable bonds is 4. The molecule has 3 aromatic rings. The van der Waals surface area contributed by atoms with Crippen molar-refractivity contribution in [3.05, 3.63) is 75.9 Å².